The summed E-state index contributed by atoms with van der Waals surface area (Å²) in [5, 5.41) is 0.581. The van der Waals surface area contributed by atoms with Crippen LogP contribution in [0.4, 0.5) is 0 Å². The summed E-state index contributed by atoms with van der Waals surface area (Å²) < 4.78 is 1.58. The van der Waals surface area contributed by atoms with E-state index in [2.05, 4.69) is 4.99 Å². The molecular weight excluding hydrogens is 360 g/mol. The van der Waals surface area contributed by atoms with Crippen LogP contribution in [-0.4, -0.2) is 16.7 Å². The Bertz CT molecular complexity index is 1080. The maximum atomic E-state index is 12.1. The molecule has 27 heavy (non-hydrogen) atoms. The summed E-state index contributed by atoms with van der Waals surface area (Å²) in [7, 11) is 0. The number of carbonyl (C=O) groups is 1. The summed E-state index contributed by atoms with van der Waals surface area (Å²) in [6.07, 6.45) is 4.90. The topological polar surface area (TPSA) is 51.4 Å². The van der Waals surface area contributed by atoms with Gasteiger partial charge >= 0.3 is 0 Å². The summed E-state index contributed by atoms with van der Waals surface area (Å²) in [5.74, 6) is -0.427. The van der Waals surface area contributed by atoms with Crippen LogP contribution in [0.25, 0.3) is 16.8 Å². The first-order valence-electron chi connectivity index (χ1n) is 8.78. The molecule has 1 aliphatic rings. The molecule has 2 aromatic carbocycles. The van der Waals surface area contributed by atoms with Gasteiger partial charge in [0, 0.05) is 29.7 Å². The second kappa shape index (κ2) is 7.33. The van der Waals surface area contributed by atoms with Crippen molar-refractivity contribution in [2.24, 2.45) is 4.99 Å². The van der Waals surface area contributed by atoms with Crippen LogP contribution >= 0.6 is 11.6 Å². The fourth-order valence-corrected chi connectivity index (χ4v) is 3.75. The van der Waals surface area contributed by atoms with Gasteiger partial charge in [-0.1, -0.05) is 48.0 Å². The van der Waals surface area contributed by atoms with Crippen molar-refractivity contribution in [3.63, 3.8) is 0 Å². The molecule has 1 amide bonds. The molecule has 1 atom stereocenters. The molecule has 134 valence electrons. The van der Waals surface area contributed by atoms with Crippen LogP contribution < -0.4 is 5.56 Å². The first kappa shape index (κ1) is 17.4. The van der Waals surface area contributed by atoms with Gasteiger partial charge in [0.25, 0.3) is 11.5 Å². The second-order valence-electron chi connectivity index (χ2n) is 6.44. The van der Waals surface area contributed by atoms with Crippen LogP contribution in [-0.2, 0) is 4.79 Å². The van der Waals surface area contributed by atoms with Gasteiger partial charge in [0.05, 0.1) is 10.9 Å². The summed E-state index contributed by atoms with van der Waals surface area (Å²) in [6, 6.07) is 18.4. The van der Waals surface area contributed by atoms with Crippen LogP contribution in [0.3, 0.4) is 0 Å². The molecule has 4 rings (SSSR count). The molecule has 1 aliphatic heterocycles. The van der Waals surface area contributed by atoms with Crippen molar-refractivity contribution in [2.45, 2.75) is 18.8 Å². The van der Waals surface area contributed by atoms with Crippen molar-refractivity contribution in [1.29, 1.82) is 0 Å². The maximum absolute atomic E-state index is 12.1. The lowest BCUT2D eigenvalue weighted by atomic mass is 9.89. The molecule has 0 N–H and O–H groups in total. The molecule has 0 saturated heterocycles. The molecule has 0 bridgehead atoms. The normalized spacial score (nSPS) is 16.5. The van der Waals surface area contributed by atoms with E-state index in [4.69, 9.17) is 11.6 Å². The molecule has 1 aromatic heterocycles. The van der Waals surface area contributed by atoms with Gasteiger partial charge in [-0.15, -0.1) is 0 Å². The molecule has 0 radical (unpaired) electrons. The van der Waals surface area contributed by atoms with Crippen molar-refractivity contribution in [1.82, 2.24) is 4.57 Å². The Balaban J connectivity index is 1.71. The van der Waals surface area contributed by atoms with Crippen LogP contribution in [0, 0.1) is 0 Å². The minimum atomic E-state index is -0.287. The number of carbonyl (C=O) groups excluding carboxylic acids is 1. The van der Waals surface area contributed by atoms with E-state index < -0.39 is 0 Å². The highest BCUT2D eigenvalue weighted by Gasteiger charge is 2.25. The average Bonchev–Trinajstić information content (AvgIpc) is 2.70. The van der Waals surface area contributed by atoms with E-state index in [1.807, 2.05) is 48.5 Å². The van der Waals surface area contributed by atoms with Gasteiger partial charge in [0.15, 0.2) is 0 Å². The maximum Gasteiger partial charge on any atom is 0.255 e. The molecule has 3 aromatic rings. The summed E-state index contributed by atoms with van der Waals surface area (Å²) in [4.78, 5) is 28.0. The minimum absolute atomic E-state index is 0.0818. The minimum Gasteiger partial charge on any atom is -0.284 e. The van der Waals surface area contributed by atoms with Gasteiger partial charge < -0.3 is 0 Å². The lowest BCUT2D eigenvalue weighted by Crippen LogP contribution is -2.15. The third-order valence-electron chi connectivity index (χ3n) is 4.78. The van der Waals surface area contributed by atoms with E-state index in [1.54, 1.807) is 23.0 Å². The van der Waals surface area contributed by atoms with E-state index in [-0.39, 0.29) is 17.4 Å². The zero-order valence-electron chi connectivity index (χ0n) is 14.5. The number of hydrogen-bond acceptors (Lipinski definition) is 2. The SMILES string of the molecule is O=C1N=CCCC1c1cccc(-c2ccc(-n3ccccc3=O)cc2)c1Cl. The number of aromatic nitrogens is 1. The molecule has 2 heterocycles. The van der Waals surface area contributed by atoms with Crippen molar-refractivity contribution in [2.75, 3.05) is 0 Å². The molecular formula is C22H17ClN2O2. The standard InChI is InChI=1S/C22H17ClN2O2/c23-21-17(5-3-6-18(21)19-7-4-13-24-22(19)27)15-9-11-16(12-10-15)25-14-2-1-8-20(25)26/h1-3,5-6,8-14,19H,4,7H2. The van der Waals surface area contributed by atoms with Gasteiger partial charge in [-0.3, -0.25) is 14.2 Å². The van der Waals surface area contributed by atoms with Crippen LogP contribution in [0.2, 0.25) is 5.02 Å². The van der Waals surface area contributed by atoms with Crippen molar-refractivity contribution in [3.05, 3.63) is 87.8 Å². The number of halogens is 1. The third kappa shape index (κ3) is 3.36. The zero-order valence-corrected chi connectivity index (χ0v) is 15.3. The van der Waals surface area contributed by atoms with E-state index in [1.165, 1.54) is 6.07 Å². The number of nitrogens with zero attached hydrogens (tertiary/aromatic N) is 2. The molecule has 0 spiro atoms. The Morgan fingerprint density at radius 2 is 1.78 bits per heavy atom. The Hall–Kier alpha value is -2.98. The van der Waals surface area contributed by atoms with Crippen LogP contribution in [0.1, 0.15) is 24.3 Å². The Labute approximate surface area is 161 Å². The van der Waals surface area contributed by atoms with E-state index in [0.717, 1.165) is 35.2 Å². The highest BCUT2D eigenvalue weighted by Crippen LogP contribution is 2.37. The van der Waals surface area contributed by atoms with E-state index in [9.17, 15) is 9.59 Å². The predicted octanol–water partition coefficient (Wildman–Crippen LogP) is 4.63. The highest BCUT2D eigenvalue weighted by molar-refractivity contribution is 6.34. The fraction of sp³-hybridized carbons (Fsp3) is 0.136. The first-order valence-corrected chi connectivity index (χ1v) is 9.16. The Morgan fingerprint density at radius 3 is 2.52 bits per heavy atom. The number of benzene rings is 2. The second-order valence-corrected chi connectivity index (χ2v) is 6.82. The molecule has 0 fully saturated rings. The van der Waals surface area contributed by atoms with Gasteiger partial charge in [-0.2, -0.15) is 0 Å². The first-order chi connectivity index (χ1) is 13.1. The fourth-order valence-electron chi connectivity index (χ4n) is 3.38. The Morgan fingerprint density at radius 1 is 0.963 bits per heavy atom. The van der Waals surface area contributed by atoms with E-state index >= 15 is 0 Å². The monoisotopic (exact) mass is 376 g/mol. The number of hydrogen-bond donors (Lipinski definition) is 0. The number of pyridine rings is 1. The summed E-state index contributed by atoms with van der Waals surface area (Å²) >= 11 is 6.66. The number of aliphatic imine (C=N–C) groups is 1. The van der Waals surface area contributed by atoms with Crippen molar-refractivity contribution < 1.29 is 4.79 Å². The zero-order chi connectivity index (χ0) is 18.8. The molecule has 0 saturated carbocycles. The third-order valence-corrected chi connectivity index (χ3v) is 5.21. The van der Waals surface area contributed by atoms with Gasteiger partial charge in [0.2, 0.25) is 0 Å². The number of rotatable bonds is 3. The quantitative estimate of drug-likeness (QED) is 0.669. The molecule has 4 nitrogen and oxygen atoms in total. The lowest BCUT2D eigenvalue weighted by molar-refractivity contribution is -0.119. The molecule has 1 unspecified atom stereocenters. The van der Waals surface area contributed by atoms with Gasteiger partial charge in [0.1, 0.15) is 0 Å². The van der Waals surface area contributed by atoms with Crippen LogP contribution in [0.15, 0.2) is 76.6 Å². The van der Waals surface area contributed by atoms with Crippen molar-refractivity contribution >= 4 is 23.7 Å². The summed E-state index contributed by atoms with van der Waals surface area (Å²) in [5.41, 5.74) is 3.32. The Kier molecular flexibility index (Phi) is 4.73. The lowest BCUT2D eigenvalue weighted by Gasteiger charge is -2.19. The van der Waals surface area contributed by atoms with Gasteiger partial charge in [-0.05, 0) is 42.2 Å². The predicted molar refractivity (Wildman–Crippen MR) is 108 cm³/mol. The van der Waals surface area contributed by atoms with Gasteiger partial charge in [-0.25, -0.2) is 4.99 Å². The average molecular weight is 377 g/mol. The van der Waals surface area contributed by atoms with Crippen molar-refractivity contribution in [3.8, 4) is 16.8 Å². The van der Waals surface area contributed by atoms with Crippen LogP contribution in [0.5, 0.6) is 0 Å². The molecule has 5 heteroatoms. The number of amides is 1. The highest BCUT2D eigenvalue weighted by atomic mass is 35.5. The smallest absolute Gasteiger partial charge is 0.255 e. The largest absolute Gasteiger partial charge is 0.284 e. The molecule has 0 aliphatic carbocycles. The van der Waals surface area contributed by atoms with E-state index in [0.29, 0.717) is 5.02 Å². The summed E-state index contributed by atoms with van der Waals surface area (Å²) in [6.45, 7) is 0.